The lowest BCUT2D eigenvalue weighted by Crippen LogP contribution is -2.39. The molecule has 1 amide bonds. The highest BCUT2D eigenvalue weighted by atomic mass is 35.5. The van der Waals surface area contributed by atoms with Gasteiger partial charge in [0.05, 0.1) is 23.0 Å². The van der Waals surface area contributed by atoms with Crippen LogP contribution in [0.15, 0.2) is 119 Å². The summed E-state index contributed by atoms with van der Waals surface area (Å²) in [6, 6.07) is 28.5. The molecule has 1 fully saturated rings. The van der Waals surface area contributed by atoms with Crippen molar-refractivity contribution >= 4 is 61.8 Å². The fraction of sp³-hybridized carbons (Fsp3) is 0.356. The number of hydrogen-bond donors (Lipinski definition) is 2. The van der Waals surface area contributed by atoms with Gasteiger partial charge in [0.15, 0.2) is 0 Å². The molecule has 2 N–H and O–H groups in total. The Morgan fingerprint density at radius 1 is 0.881 bits per heavy atom. The van der Waals surface area contributed by atoms with Gasteiger partial charge in [-0.15, -0.1) is 11.8 Å². The molecule has 0 bridgehead atoms. The maximum Gasteiger partial charge on any atom is 0.293 e. The van der Waals surface area contributed by atoms with Crippen molar-refractivity contribution in [2.45, 2.75) is 54.4 Å². The summed E-state index contributed by atoms with van der Waals surface area (Å²) in [6.07, 6.45) is 8.40. The zero-order valence-electron chi connectivity index (χ0n) is 33.0. The Morgan fingerprint density at radius 2 is 1.61 bits per heavy atom. The number of nitrogens with one attached hydrogen (secondary N) is 2. The molecular formula is C45H50ClN5O6S2. The third-order valence-corrected chi connectivity index (χ3v) is 13.9. The quantitative estimate of drug-likeness (QED) is 0.0640. The number of rotatable bonds is 16. The number of benzene rings is 4. The summed E-state index contributed by atoms with van der Waals surface area (Å²) >= 11 is 7.80. The van der Waals surface area contributed by atoms with Crippen LogP contribution in [0.5, 0.6) is 0 Å². The van der Waals surface area contributed by atoms with E-state index in [1.54, 1.807) is 23.9 Å². The van der Waals surface area contributed by atoms with E-state index < -0.39 is 20.9 Å². The van der Waals surface area contributed by atoms with Crippen LogP contribution in [-0.4, -0.2) is 93.3 Å². The van der Waals surface area contributed by atoms with Crippen molar-refractivity contribution < 1.29 is 22.9 Å². The molecule has 2 aliphatic heterocycles. The summed E-state index contributed by atoms with van der Waals surface area (Å²) in [4.78, 5) is 30.4. The first-order chi connectivity index (χ1) is 28.6. The number of carbonyl (C=O) groups excluding carboxylic acids is 1. The van der Waals surface area contributed by atoms with Gasteiger partial charge in [-0.05, 0) is 109 Å². The number of carbonyl (C=O) groups is 1. The molecule has 1 aliphatic carbocycles. The molecule has 0 saturated carbocycles. The van der Waals surface area contributed by atoms with E-state index >= 15 is 0 Å². The molecule has 4 aromatic rings. The molecular weight excluding hydrogens is 806 g/mol. The highest BCUT2D eigenvalue weighted by Crippen LogP contribution is 2.35. The molecule has 4 aromatic carbocycles. The first-order valence-corrected chi connectivity index (χ1v) is 23.0. The van der Waals surface area contributed by atoms with Gasteiger partial charge in [0.1, 0.15) is 5.69 Å². The maximum absolute atomic E-state index is 13.4. The monoisotopic (exact) mass is 855 g/mol. The van der Waals surface area contributed by atoms with Gasteiger partial charge in [-0.2, -0.15) is 0 Å². The molecule has 0 radical (unpaired) electrons. The predicted molar refractivity (Wildman–Crippen MR) is 237 cm³/mol. The van der Waals surface area contributed by atoms with Crippen molar-refractivity contribution in [3.05, 3.63) is 141 Å². The smallest absolute Gasteiger partial charge is 0.293 e. The third kappa shape index (κ3) is 11.6. The lowest BCUT2D eigenvalue weighted by Gasteiger charge is -2.30. The number of nitro benzene ring substituents is 1. The van der Waals surface area contributed by atoms with Gasteiger partial charge in [-0.3, -0.25) is 24.7 Å². The molecule has 0 unspecified atom stereocenters. The van der Waals surface area contributed by atoms with Crippen LogP contribution in [0.25, 0.3) is 11.1 Å². The summed E-state index contributed by atoms with van der Waals surface area (Å²) in [7, 11) is -4.43. The first-order valence-electron chi connectivity index (χ1n) is 20.2. The van der Waals surface area contributed by atoms with E-state index in [1.165, 1.54) is 47.3 Å². The van der Waals surface area contributed by atoms with Crippen molar-refractivity contribution in [2.24, 2.45) is 0 Å². The Labute approximate surface area is 356 Å². The summed E-state index contributed by atoms with van der Waals surface area (Å²) in [6.45, 7) is 6.43. The standard InChI is InChI=1S/C45H50ClN5O6S2/c46-38-16-14-35(15-17-38)42-9-5-4-6-37(42)31-50-23-20-34(21-24-50)33-10-12-36(13-11-33)45(52)48-59(55,56)41-18-19-43(44(30-41)51(53)54)47-39(22-25-49-26-28-57-29-27-49)32-58-40-7-2-1-3-8-40/h1-3,7-8,10-20,30,39,47H,4-6,9,21-29,31-32H2,(H,48,52)/t39-/m1/s1. The number of morpholine rings is 1. The summed E-state index contributed by atoms with van der Waals surface area (Å²) < 4.78 is 34.5. The van der Waals surface area contributed by atoms with Gasteiger partial charge < -0.3 is 10.1 Å². The zero-order chi connectivity index (χ0) is 41.2. The number of anilines is 1. The van der Waals surface area contributed by atoms with Crippen LogP contribution in [0.3, 0.4) is 0 Å². The number of sulfonamides is 1. The summed E-state index contributed by atoms with van der Waals surface area (Å²) in [5.41, 5.74) is 6.36. The Kier molecular flexibility index (Phi) is 14.6. The molecule has 11 nitrogen and oxygen atoms in total. The lowest BCUT2D eigenvalue weighted by molar-refractivity contribution is -0.384. The lowest BCUT2D eigenvalue weighted by atomic mass is 9.87. The number of nitro groups is 1. The second-order valence-electron chi connectivity index (χ2n) is 15.2. The molecule has 310 valence electrons. The first kappa shape index (κ1) is 42.6. The third-order valence-electron chi connectivity index (χ3n) is 11.2. The van der Waals surface area contributed by atoms with Gasteiger partial charge in [0, 0.05) is 72.6 Å². The highest BCUT2D eigenvalue weighted by Gasteiger charge is 2.26. The van der Waals surface area contributed by atoms with E-state index in [0.717, 1.165) is 80.1 Å². The van der Waals surface area contributed by atoms with Crippen LogP contribution in [0, 0.1) is 10.1 Å². The van der Waals surface area contributed by atoms with E-state index in [-0.39, 0.29) is 27.9 Å². The van der Waals surface area contributed by atoms with Crippen molar-refractivity contribution in [3.63, 3.8) is 0 Å². The number of amides is 1. The Bertz CT molecular complexity index is 2260. The van der Waals surface area contributed by atoms with E-state index in [1.807, 2.05) is 54.6 Å². The van der Waals surface area contributed by atoms with E-state index in [4.69, 9.17) is 16.3 Å². The number of allylic oxidation sites excluding steroid dienone is 1. The molecule has 2 heterocycles. The van der Waals surface area contributed by atoms with E-state index in [2.05, 4.69) is 38.0 Å². The fourth-order valence-corrected chi connectivity index (χ4v) is 9.96. The summed E-state index contributed by atoms with van der Waals surface area (Å²) in [5, 5.41) is 16.4. The second-order valence-corrected chi connectivity index (χ2v) is 18.4. The maximum atomic E-state index is 13.4. The molecule has 3 aliphatic rings. The SMILES string of the molecule is O=C(NS(=O)(=O)c1ccc(N[C@H](CCN2CCOCC2)CSc2ccccc2)c([N+](=O)[O-])c1)c1ccc(C2=CCN(CC3=C(c4ccc(Cl)cc4)CCCC3)CC2)cc1. The van der Waals surface area contributed by atoms with E-state index in [0.29, 0.717) is 25.4 Å². The van der Waals surface area contributed by atoms with Crippen molar-refractivity contribution in [1.82, 2.24) is 14.5 Å². The van der Waals surface area contributed by atoms with E-state index in [9.17, 15) is 23.3 Å². The van der Waals surface area contributed by atoms with Gasteiger partial charge in [-0.1, -0.05) is 65.7 Å². The van der Waals surface area contributed by atoms with Crippen LogP contribution < -0.4 is 10.0 Å². The molecule has 7 rings (SSSR count). The largest absolute Gasteiger partial charge is 0.379 e. The number of thioether (sulfide) groups is 1. The molecule has 59 heavy (non-hydrogen) atoms. The van der Waals surface area contributed by atoms with Crippen molar-refractivity contribution in [3.8, 4) is 0 Å². The van der Waals surface area contributed by atoms with Crippen molar-refractivity contribution in [1.29, 1.82) is 0 Å². The number of nitrogens with zero attached hydrogens (tertiary/aromatic N) is 3. The molecule has 0 aromatic heterocycles. The van der Waals surface area contributed by atoms with Crippen LogP contribution in [0.4, 0.5) is 11.4 Å². The van der Waals surface area contributed by atoms with Gasteiger partial charge >= 0.3 is 0 Å². The molecule has 1 saturated heterocycles. The normalized spacial score (nSPS) is 17.3. The number of hydrogen-bond acceptors (Lipinski definition) is 10. The Hall–Kier alpha value is -4.50. The summed E-state index contributed by atoms with van der Waals surface area (Å²) in [5.74, 6) is -0.176. The minimum Gasteiger partial charge on any atom is -0.379 e. The Balaban J connectivity index is 0.976. The van der Waals surface area contributed by atoms with Gasteiger partial charge in [0.25, 0.3) is 21.6 Å². The molecule has 14 heteroatoms. The van der Waals surface area contributed by atoms with Gasteiger partial charge in [0.2, 0.25) is 0 Å². The van der Waals surface area contributed by atoms with Crippen LogP contribution in [0.2, 0.25) is 5.02 Å². The van der Waals surface area contributed by atoms with Crippen LogP contribution >= 0.6 is 23.4 Å². The van der Waals surface area contributed by atoms with Crippen molar-refractivity contribution in [2.75, 3.05) is 63.6 Å². The average Bonchev–Trinajstić information content (AvgIpc) is 3.26. The van der Waals surface area contributed by atoms with Gasteiger partial charge in [-0.25, -0.2) is 13.1 Å². The molecule has 1 atom stereocenters. The average molecular weight is 857 g/mol. The predicted octanol–water partition coefficient (Wildman–Crippen LogP) is 8.78. The van der Waals surface area contributed by atoms with Crippen LogP contribution in [-0.2, 0) is 14.8 Å². The minimum absolute atomic E-state index is 0.150. The molecule has 0 spiro atoms. The Morgan fingerprint density at radius 3 is 2.32 bits per heavy atom. The number of ether oxygens (including phenoxy) is 1. The minimum atomic E-state index is -4.43. The zero-order valence-corrected chi connectivity index (χ0v) is 35.4. The van der Waals surface area contributed by atoms with Crippen LogP contribution in [0.1, 0.15) is 60.0 Å². The number of halogens is 1. The topological polar surface area (TPSA) is 134 Å². The highest BCUT2D eigenvalue weighted by molar-refractivity contribution is 7.99. The fourth-order valence-electron chi connectivity index (χ4n) is 7.85. The second kappa shape index (κ2) is 20.2.